The fourth-order valence-corrected chi connectivity index (χ4v) is 4.41. The lowest BCUT2D eigenvalue weighted by atomic mass is 10.2. The summed E-state index contributed by atoms with van der Waals surface area (Å²) < 4.78 is 14.5. The number of aryl methyl sites for hydroxylation is 1. The van der Waals surface area contributed by atoms with Gasteiger partial charge in [0.1, 0.15) is 10.6 Å². The van der Waals surface area contributed by atoms with Gasteiger partial charge >= 0.3 is 0 Å². The number of rotatable bonds is 5. The molecular formula is C22H17ClFN3O2S. The second kappa shape index (κ2) is 8.38. The summed E-state index contributed by atoms with van der Waals surface area (Å²) in [5.74, 6) is -0.624. The number of amides is 1. The van der Waals surface area contributed by atoms with Crippen LogP contribution in [0.15, 0.2) is 59.7 Å². The lowest BCUT2D eigenvalue weighted by Gasteiger charge is -2.07. The number of hydrogen-bond donors (Lipinski definition) is 1. The molecule has 30 heavy (non-hydrogen) atoms. The third-order valence-electron chi connectivity index (χ3n) is 4.79. The minimum Gasteiger partial charge on any atom is -0.347 e. The third kappa shape index (κ3) is 3.99. The van der Waals surface area contributed by atoms with Crippen molar-refractivity contribution in [3.63, 3.8) is 0 Å². The summed E-state index contributed by atoms with van der Waals surface area (Å²) in [5, 5.41) is 3.82. The Morgan fingerprint density at radius 2 is 1.93 bits per heavy atom. The Morgan fingerprint density at radius 1 is 1.20 bits per heavy atom. The molecule has 0 bridgehead atoms. The summed E-state index contributed by atoms with van der Waals surface area (Å²) in [6.45, 7) is 2.30. The lowest BCUT2D eigenvalue weighted by Crippen LogP contribution is -2.23. The highest BCUT2D eigenvalue weighted by molar-refractivity contribution is 7.20. The first kappa shape index (κ1) is 20.3. The van der Waals surface area contributed by atoms with Crippen LogP contribution < -0.4 is 10.9 Å². The van der Waals surface area contributed by atoms with Gasteiger partial charge in [0.25, 0.3) is 11.5 Å². The zero-order chi connectivity index (χ0) is 21.3. The molecule has 0 atom stereocenters. The van der Waals surface area contributed by atoms with Gasteiger partial charge in [0.05, 0.1) is 23.1 Å². The number of aromatic nitrogens is 2. The molecule has 0 radical (unpaired) electrons. The van der Waals surface area contributed by atoms with Gasteiger partial charge in [0.15, 0.2) is 0 Å². The second-order valence-electron chi connectivity index (χ2n) is 6.81. The Morgan fingerprint density at radius 3 is 2.67 bits per heavy atom. The van der Waals surface area contributed by atoms with E-state index in [2.05, 4.69) is 10.3 Å². The van der Waals surface area contributed by atoms with Crippen molar-refractivity contribution in [1.82, 2.24) is 14.9 Å². The normalized spacial score (nSPS) is 11.0. The Labute approximate surface area is 180 Å². The maximum atomic E-state index is 13.0. The van der Waals surface area contributed by atoms with Gasteiger partial charge in [-0.05, 0) is 41.8 Å². The van der Waals surface area contributed by atoms with Gasteiger partial charge in [-0.3, -0.25) is 14.2 Å². The third-order valence-corrected chi connectivity index (χ3v) is 6.36. The average molecular weight is 442 g/mol. The van der Waals surface area contributed by atoms with E-state index in [0.29, 0.717) is 32.2 Å². The van der Waals surface area contributed by atoms with Crippen LogP contribution in [0, 0.1) is 12.7 Å². The molecule has 0 aliphatic heterocycles. The molecule has 1 N–H and O–H groups in total. The molecule has 0 saturated carbocycles. The zero-order valence-electron chi connectivity index (χ0n) is 16.0. The van der Waals surface area contributed by atoms with Gasteiger partial charge in [-0.2, -0.15) is 0 Å². The molecule has 1 amide bonds. The fourth-order valence-electron chi connectivity index (χ4n) is 3.16. The van der Waals surface area contributed by atoms with E-state index in [9.17, 15) is 14.0 Å². The second-order valence-corrected chi connectivity index (χ2v) is 8.22. The van der Waals surface area contributed by atoms with Gasteiger partial charge in [-0.25, -0.2) is 9.37 Å². The first-order chi connectivity index (χ1) is 14.4. The zero-order valence-corrected chi connectivity index (χ0v) is 17.6. The molecule has 0 unspecified atom stereocenters. The minimum atomic E-state index is -0.329. The Bertz CT molecular complexity index is 1300. The predicted octanol–water partition coefficient (Wildman–Crippen LogP) is 4.54. The minimum absolute atomic E-state index is 0.216. The van der Waals surface area contributed by atoms with Crippen LogP contribution in [-0.2, 0) is 13.1 Å². The molecule has 4 rings (SSSR count). The van der Waals surface area contributed by atoms with Crippen molar-refractivity contribution < 1.29 is 9.18 Å². The fraction of sp³-hybridized carbons (Fsp3) is 0.136. The van der Waals surface area contributed by atoms with Gasteiger partial charge < -0.3 is 5.32 Å². The maximum Gasteiger partial charge on any atom is 0.262 e. The molecule has 152 valence electrons. The highest BCUT2D eigenvalue weighted by Gasteiger charge is 2.19. The van der Waals surface area contributed by atoms with Gasteiger partial charge in [0.2, 0.25) is 0 Å². The maximum absolute atomic E-state index is 13.0. The topological polar surface area (TPSA) is 64.0 Å². The summed E-state index contributed by atoms with van der Waals surface area (Å²) in [4.78, 5) is 31.0. The van der Waals surface area contributed by atoms with Crippen LogP contribution in [0.5, 0.6) is 0 Å². The summed E-state index contributed by atoms with van der Waals surface area (Å²) in [5.41, 5.74) is 1.97. The van der Waals surface area contributed by atoms with Crippen molar-refractivity contribution >= 4 is 39.1 Å². The molecule has 8 heteroatoms. The van der Waals surface area contributed by atoms with E-state index >= 15 is 0 Å². The standard InChI is InChI=1S/C22H17ClFN3O2S/c1-13-18-21(26-12-27(22(18)29)11-15-4-2-3-5-17(15)23)30-19(13)20(28)25-10-14-6-8-16(24)9-7-14/h2-9,12H,10-11H2,1H3,(H,25,28). The first-order valence-electron chi connectivity index (χ1n) is 9.18. The number of nitrogens with zero attached hydrogens (tertiary/aromatic N) is 2. The molecule has 0 aliphatic carbocycles. The van der Waals surface area contributed by atoms with E-state index in [4.69, 9.17) is 11.6 Å². The van der Waals surface area contributed by atoms with Crippen LogP contribution in [0.3, 0.4) is 0 Å². The Hall–Kier alpha value is -3.03. The van der Waals surface area contributed by atoms with Crippen molar-refractivity contribution in [2.75, 3.05) is 0 Å². The number of thiophene rings is 1. The van der Waals surface area contributed by atoms with E-state index in [1.807, 2.05) is 18.2 Å². The summed E-state index contributed by atoms with van der Waals surface area (Å²) in [7, 11) is 0. The van der Waals surface area contributed by atoms with Crippen molar-refractivity contribution in [2.45, 2.75) is 20.0 Å². The molecule has 0 aliphatic rings. The predicted molar refractivity (Wildman–Crippen MR) is 117 cm³/mol. The van der Waals surface area contributed by atoms with Gasteiger partial charge in [0, 0.05) is 11.6 Å². The van der Waals surface area contributed by atoms with Crippen LogP contribution in [0.4, 0.5) is 4.39 Å². The van der Waals surface area contributed by atoms with Gasteiger partial charge in [-0.15, -0.1) is 11.3 Å². The number of halogens is 2. The van der Waals surface area contributed by atoms with Crippen molar-refractivity contribution in [2.24, 2.45) is 0 Å². The van der Waals surface area contributed by atoms with Gasteiger partial charge in [-0.1, -0.05) is 41.9 Å². The summed E-state index contributed by atoms with van der Waals surface area (Å²) in [6, 6.07) is 13.2. The van der Waals surface area contributed by atoms with E-state index in [1.54, 1.807) is 25.1 Å². The Kier molecular flexibility index (Phi) is 5.65. The Balaban J connectivity index is 1.61. The van der Waals surface area contributed by atoms with E-state index in [0.717, 1.165) is 11.1 Å². The molecule has 4 aromatic rings. The molecule has 5 nitrogen and oxygen atoms in total. The molecule has 0 saturated heterocycles. The number of nitrogens with one attached hydrogen (secondary N) is 1. The number of hydrogen-bond acceptors (Lipinski definition) is 4. The molecule has 2 aromatic carbocycles. The SMILES string of the molecule is Cc1c(C(=O)NCc2ccc(F)cc2)sc2ncn(Cc3ccccc3Cl)c(=O)c12. The van der Waals surface area contributed by atoms with Crippen LogP contribution in [0.25, 0.3) is 10.2 Å². The number of fused-ring (bicyclic) bond motifs is 1. The van der Waals surface area contributed by atoms with Crippen molar-refractivity contribution in [3.8, 4) is 0 Å². The monoisotopic (exact) mass is 441 g/mol. The summed E-state index contributed by atoms with van der Waals surface area (Å²) >= 11 is 7.39. The van der Waals surface area contributed by atoms with Crippen LogP contribution in [-0.4, -0.2) is 15.5 Å². The first-order valence-corrected chi connectivity index (χ1v) is 10.4. The molecule has 2 aromatic heterocycles. The van der Waals surface area contributed by atoms with Crippen LogP contribution in [0.1, 0.15) is 26.4 Å². The summed E-state index contributed by atoms with van der Waals surface area (Å²) in [6.07, 6.45) is 1.48. The average Bonchev–Trinajstić information content (AvgIpc) is 3.08. The van der Waals surface area contributed by atoms with E-state index < -0.39 is 0 Å². The number of carbonyl (C=O) groups excluding carboxylic acids is 1. The highest BCUT2D eigenvalue weighted by atomic mass is 35.5. The molecular weight excluding hydrogens is 425 g/mol. The number of benzene rings is 2. The molecule has 2 heterocycles. The smallest absolute Gasteiger partial charge is 0.262 e. The molecule has 0 fully saturated rings. The van der Waals surface area contributed by atoms with E-state index in [-0.39, 0.29) is 23.8 Å². The largest absolute Gasteiger partial charge is 0.347 e. The molecule has 0 spiro atoms. The quantitative estimate of drug-likeness (QED) is 0.494. The lowest BCUT2D eigenvalue weighted by molar-refractivity contribution is 0.0954. The van der Waals surface area contributed by atoms with Crippen molar-refractivity contribution in [1.29, 1.82) is 0 Å². The van der Waals surface area contributed by atoms with Crippen molar-refractivity contribution in [3.05, 3.63) is 97.6 Å². The highest BCUT2D eigenvalue weighted by Crippen LogP contribution is 2.27. The van der Waals surface area contributed by atoms with Crippen LogP contribution in [0.2, 0.25) is 5.02 Å². The van der Waals surface area contributed by atoms with E-state index in [1.165, 1.54) is 34.4 Å². The van der Waals surface area contributed by atoms with Crippen LogP contribution >= 0.6 is 22.9 Å². The number of carbonyl (C=O) groups is 1.